The minimum atomic E-state index is 0.946. The van der Waals surface area contributed by atoms with Gasteiger partial charge < -0.3 is 5.32 Å². The van der Waals surface area contributed by atoms with Crippen LogP contribution in [0.15, 0.2) is 36.5 Å². The number of hydrogen-bond acceptors (Lipinski definition) is 3. The van der Waals surface area contributed by atoms with Gasteiger partial charge in [0.1, 0.15) is 0 Å². The predicted octanol–water partition coefficient (Wildman–Crippen LogP) is 1.81. The first-order valence-corrected chi connectivity index (χ1v) is 6.07. The van der Waals surface area contributed by atoms with E-state index in [-0.39, 0.29) is 0 Å². The van der Waals surface area contributed by atoms with Crippen molar-refractivity contribution in [2.24, 2.45) is 0 Å². The van der Waals surface area contributed by atoms with Crippen LogP contribution < -0.4 is 5.32 Å². The van der Waals surface area contributed by atoms with Crippen LogP contribution in [0.3, 0.4) is 0 Å². The van der Waals surface area contributed by atoms with E-state index in [0.717, 1.165) is 37.3 Å². The van der Waals surface area contributed by atoms with Crippen LogP contribution >= 0.6 is 0 Å². The first-order valence-electron chi connectivity index (χ1n) is 6.07. The molecule has 1 N–H and O–H groups in total. The molecule has 4 nitrogen and oxygen atoms in total. The van der Waals surface area contributed by atoms with Crippen molar-refractivity contribution in [3.63, 3.8) is 0 Å². The highest BCUT2D eigenvalue weighted by molar-refractivity contribution is 5.31. The largest absolute Gasteiger partial charge is 0.316 e. The lowest BCUT2D eigenvalue weighted by atomic mass is 10.3. The molecule has 0 unspecified atom stereocenters. The molecule has 0 saturated heterocycles. The number of rotatable bonds is 6. The maximum atomic E-state index is 4.12. The van der Waals surface area contributed by atoms with Crippen LogP contribution in [-0.4, -0.2) is 28.1 Å². The van der Waals surface area contributed by atoms with Crippen molar-refractivity contribution >= 4 is 0 Å². The van der Waals surface area contributed by atoms with Gasteiger partial charge in [-0.1, -0.05) is 30.3 Å². The van der Waals surface area contributed by atoms with Gasteiger partial charge in [-0.15, -0.1) is 5.10 Å². The van der Waals surface area contributed by atoms with Gasteiger partial charge in [0.05, 0.1) is 17.6 Å². The van der Waals surface area contributed by atoms with Crippen LogP contribution in [0.1, 0.15) is 19.0 Å². The maximum Gasteiger partial charge on any atom is 0.0730 e. The summed E-state index contributed by atoms with van der Waals surface area (Å²) in [7, 11) is 0. The standard InChI is InChI=1S/C13H18N4/c1-2-9-14-10-8-13-11-15-16-17(13)12-6-4-3-5-7-12/h3-7,11,14H,2,8-10H2,1H3. The van der Waals surface area contributed by atoms with E-state index in [9.17, 15) is 0 Å². The average Bonchev–Trinajstić information content (AvgIpc) is 2.84. The molecule has 1 aromatic carbocycles. The number of hydrogen-bond donors (Lipinski definition) is 1. The Balaban J connectivity index is 2.02. The molecule has 0 aliphatic heterocycles. The second-order valence-electron chi connectivity index (χ2n) is 3.97. The Labute approximate surface area is 102 Å². The first kappa shape index (κ1) is 11.8. The molecule has 0 bridgehead atoms. The van der Waals surface area contributed by atoms with Gasteiger partial charge >= 0.3 is 0 Å². The normalized spacial score (nSPS) is 10.6. The first-order chi connectivity index (χ1) is 8.42. The summed E-state index contributed by atoms with van der Waals surface area (Å²) in [4.78, 5) is 0. The molecule has 2 aromatic rings. The molecular formula is C13H18N4. The van der Waals surface area contributed by atoms with Crippen LogP contribution in [-0.2, 0) is 6.42 Å². The average molecular weight is 230 g/mol. The molecule has 0 amide bonds. The lowest BCUT2D eigenvalue weighted by molar-refractivity contribution is 0.652. The van der Waals surface area contributed by atoms with Gasteiger partial charge in [0, 0.05) is 13.0 Å². The van der Waals surface area contributed by atoms with Gasteiger partial charge in [0.15, 0.2) is 0 Å². The molecule has 1 heterocycles. The Morgan fingerprint density at radius 2 is 2.00 bits per heavy atom. The molecule has 17 heavy (non-hydrogen) atoms. The van der Waals surface area contributed by atoms with Gasteiger partial charge in [-0.2, -0.15) is 0 Å². The topological polar surface area (TPSA) is 42.7 Å². The quantitative estimate of drug-likeness (QED) is 0.770. The maximum absolute atomic E-state index is 4.12. The Hall–Kier alpha value is -1.68. The Morgan fingerprint density at radius 3 is 2.76 bits per heavy atom. The summed E-state index contributed by atoms with van der Waals surface area (Å²) in [6, 6.07) is 10.1. The Morgan fingerprint density at radius 1 is 1.18 bits per heavy atom. The fraction of sp³-hybridized carbons (Fsp3) is 0.385. The van der Waals surface area contributed by atoms with E-state index in [2.05, 4.69) is 22.6 Å². The van der Waals surface area contributed by atoms with Crippen LogP contribution in [0.5, 0.6) is 0 Å². The third kappa shape index (κ3) is 3.14. The van der Waals surface area contributed by atoms with Crippen molar-refractivity contribution in [1.29, 1.82) is 0 Å². The number of nitrogens with one attached hydrogen (secondary N) is 1. The van der Waals surface area contributed by atoms with E-state index in [1.54, 1.807) is 0 Å². The molecule has 0 fully saturated rings. The number of para-hydroxylation sites is 1. The molecule has 0 saturated carbocycles. The van der Waals surface area contributed by atoms with E-state index in [0.29, 0.717) is 0 Å². The second kappa shape index (κ2) is 6.15. The molecular weight excluding hydrogens is 212 g/mol. The Kier molecular flexibility index (Phi) is 4.27. The molecule has 4 heteroatoms. The minimum Gasteiger partial charge on any atom is -0.316 e. The summed E-state index contributed by atoms with van der Waals surface area (Å²) in [6.45, 7) is 4.20. The molecule has 1 aromatic heterocycles. The molecule has 0 spiro atoms. The SMILES string of the molecule is CCCNCCc1cnnn1-c1ccccc1. The summed E-state index contributed by atoms with van der Waals surface area (Å²) in [5, 5.41) is 11.5. The monoisotopic (exact) mass is 230 g/mol. The summed E-state index contributed by atoms with van der Waals surface area (Å²) >= 11 is 0. The van der Waals surface area contributed by atoms with Crippen molar-refractivity contribution in [1.82, 2.24) is 20.3 Å². The van der Waals surface area contributed by atoms with Crippen molar-refractivity contribution in [2.45, 2.75) is 19.8 Å². The molecule has 0 radical (unpaired) electrons. The molecule has 0 aliphatic rings. The van der Waals surface area contributed by atoms with Gasteiger partial charge in [0.2, 0.25) is 0 Å². The summed E-state index contributed by atoms with van der Waals surface area (Å²) < 4.78 is 1.90. The highest BCUT2D eigenvalue weighted by Crippen LogP contribution is 2.08. The van der Waals surface area contributed by atoms with E-state index in [4.69, 9.17) is 0 Å². The van der Waals surface area contributed by atoms with Crippen LogP contribution in [0.2, 0.25) is 0 Å². The van der Waals surface area contributed by atoms with Crippen LogP contribution in [0.25, 0.3) is 5.69 Å². The number of nitrogens with zero attached hydrogens (tertiary/aromatic N) is 3. The van der Waals surface area contributed by atoms with Gasteiger partial charge in [-0.25, -0.2) is 4.68 Å². The Bertz CT molecular complexity index is 436. The summed E-state index contributed by atoms with van der Waals surface area (Å²) in [6.07, 6.45) is 3.94. The van der Waals surface area contributed by atoms with E-state index in [1.165, 1.54) is 0 Å². The van der Waals surface area contributed by atoms with E-state index in [1.807, 2.05) is 41.2 Å². The predicted molar refractivity (Wildman–Crippen MR) is 68.2 cm³/mol. The zero-order valence-electron chi connectivity index (χ0n) is 10.1. The highest BCUT2D eigenvalue weighted by atomic mass is 15.4. The van der Waals surface area contributed by atoms with Crippen molar-refractivity contribution < 1.29 is 0 Å². The van der Waals surface area contributed by atoms with Gasteiger partial charge in [0.25, 0.3) is 0 Å². The molecule has 2 rings (SSSR count). The van der Waals surface area contributed by atoms with Crippen molar-refractivity contribution in [3.8, 4) is 5.69 Å². The van der Waals surface area contributed by atoms with Crippen LogP contribution in [0.4, 0.5) is 0 Å². The smallest absolute Gasteiger partial charge is 0.0730 e. The molecule has 0 aliphatic carbocycles. The van der Waals surface area contributed by atoms with Crippen LogP contribution in [0, 0.1) is 0 Å². The zero-order chi connectivity index (χ0) is 11.9. The fourth-order valence-corrected chi connectivity index (χ4v) is 1.73. The van der Waals surface area contributed by atoms with Crippen molar-refractivity contribution in [2.75, 3.05) is 13.1 Å². The highest BCUT2D eigenvalue weighted by Gasteiger charge is 2.04. The fourth-order valence-electron chi connectivity index (χ4n) is 1.73. The number of benzene rings is 1. The lowest BCUT2D eigenvalue weighted by Crippen LogP contribution is -2.19. The van der Waals surface area contributed by atoms with E-state index < -0.39 is 0 Å². The third-order valence-corrected chi connectivity index (χ3v) is 2.61. The zero-order valence-corrected chi connectivity index (χ0v) is 10.1. The summed E-state index contributed by atoms with van der Waals surface area (Å²) in [5.41, 5.74) is 2.20. The van der Waals surface area contributed by atoms with Gasteiger partial charge in [-0.05, 0) is 25.1 Å². The second-order valence-corrected chi connectivity index (χ2v) is 3.97. The minimum absolute atomic E-state index is 0.946. The molecule has 90 valence electrons. The van der Waals surface area contributed by atoms with E-state index >= 15 is 0 Å². The number of aromatic nitrogens is 3. The third-order valence-electron chi connectivity index (χ3n) is 2.61. The van der Waals surface area contributed by atoms with Crippen molar-refractivity contribution in [3.05, 3.63) is 42.2 Å². The molecule has 0 atom stereocenters. The van der Waals surface area contributed by atoms with Gasteiger partial charge in [-0.3, -0.25) is 0 Å². The lowest BCUT2D eigenvalue weighted by Gasteiger charge is -2.06. The summed E-state index contributed by atoms with van der Waals surface area (Å²) in [5.74, 6) is 0.